The van der Waals surface area contributed by atoms with E-state index in [1.165, 1.54) is 18.3 Å². The molecule has 0 aliphatic carbocycles. The van der Waals surface area contributed by atoms with Gasteiger partial charge >= 0.3 is 5.97 Å². The van der Waals surface area contributed by atoms with E-state index in [1.807, 2.05) is 0 Å². The van der Waals surface area contributed by atoms with Gasteiger partial charge in [-0.15, -0.1) is 0 Å². The Labute approximate surface area is 121 Å². The molecule has 2 atom stereocenters. The molecule has 1 saturated heterocycles. The van der Waals surface area contributed by atoms with E-state index in [4.69, 9.17) is 9.84 Å². The zero-order valence-electron chi connectivity index (χ0n) is 11.1. The molecule has 0 aromatic carbocycles. The SMILES string of the molecule is CS(=O)(=O)c1ccc(NC(=O)C2CCC(C(=O)O)O2)cn1. The molecule has 2 N–H and O–H groups in total. The van der Waals surface area contributed by atoms with Gasteiger partial charge in [0.05, 0.1) is 11.9 Å². The normalized spacial score (nSPS) is 22.0. The van der Waals surface area contributed by atoms with Gasteiger partial charge in [0.2, 0.25) is 0 Å². The van der Waals surface area contributed by atoms with Gasteiger partial charge in [-0.25, -0.2) is 18.2 Å². The number of amides is 1. The van der Waals surface area contributed by atoms with Crippen LogP contribution in [0.25, 0.3) is 0 Å². The van der Waals surface area contributed by atoms with Gasteiger partial charge in [0.1, 0.15) is 6.10 Å². The molecule has 1 aliphatic rings. The van der Waals surface area contributed by atoms with Crippen LogP contribution in [-0.4, -0.2) is 48.8 Å². The van der Waals surface area contributed by atoms with Gasteiger partial charge in [-0.1, -0.05) is 0 Å². The number of pyridine rings is 1. The minimum atomic E-state index is -3.39. The Morgan fingerprint density at radius 2 is 2.00 bits per heavy atom. The fraction of sp³-hybridized carbons (Fsp3) is 0.417. The number of ether oxygens (including phenoxy) is 1. The molecule has 0 saturated carbocycles. The lowest BCUT2D eigenvalue weighted by molar-refractivity contribution is -0.150. The average molecular weight is 314 g/mol. The van der Waals surface area contributed by atoms with Crippen molar-refractivity contribution in [2.24, 2.45) is 0 Å². The fourth-order valence-electron chi connectivity index (χ4n) is 1.91. The van der Waals surface area contributed by atoms with Crippen LogP contribution in [0.5, 0.6) is 0 Å². The summed E-state index contributed by atoms with van der Waals surface area (Å²) in [5.41, 5.74) is 0.315. The van der Waals surface area contributed by atoms with E-state index in [-0.39, 0.29) is 11.4 Å². The highest BCUT2D eigenvalue weighted by atomic mass is 32.2. The molecule has 114 valence electrons. The number of nitrogens with zero attached hydrogens (tertiary/aromatic N) is 1. The Hall–Kier alpha value is -2.00. The second-order valence-corrected chi connectivity index (χ2v) is 6.64. The molecule has 0 spiro atoms. The zero-order chi connectivity index (χ0) is 15.6. The summed E-state index contributed by atoms with van der Waals surface area (Å²) in [4.78, 5) is 26.4. The largest absolute Gasteiger partial charge is 0.479 e. The molecule has 1 aromatic heterocycles. The third-order valence-electron chi connectivity index (χ3n) is 2.97. The van der Waals surface area contributed by atoms with E-state index in [2.05, 4.69) is 10.3 Å². The number of carboxylic acids is 1. The van der Waals surface area contributed by atoms with Crippen molar-refractivity contribution in [1.29, 1.82) is 0 Å². The molecule has 1 fully saturated rings. The molecule has 0 bridgehead atoms. The first kappa shape index (κ1) is 15.4. The maximum Gasteiger partial charge on any atom is 0.332 e. The van der Waals surface area contributed by atoms with Crippen LogP contribution >= 0.6 is 0 Å². The molecular formula is C12H14N2O6S. The maximum absolute atomic E-state index is 11.9. The number of hydrogen-bond acceptors (Lipinski definition) is 6. The van der Waals surface area contributed by atoms with Crippen LogP contribution in [0.1, 0.15) is 12.8 Å². The molecule has 2 rings (SSSR count). The monoisotopic (exact) mass is 314 g/mol. The van der Waals surface area contributed by atoms with Gasteiger partial charge in [-0.05, 0) is 25.0 Å². The Bertz CT molecular complexity index is 655. The molecule has 1 aliphatic heterocycles. The van der Waals surface area contributed by atoms with E-state index in [1.54, 1.807) is 0 Å². The molecule has 1 aromatic rings. The van der Waals surface area contributed by atoms with Crippen LogP contribution in [0.15, 0.2) is 23.4 Å². The van der Waals surface area contributed by atoms with Gasteiger partial charge in [-0.3, -0.25) is 4.79 Å². The van der Waals surface area contributed by atoms with Gasteiger partial charge in [0, 0.05) is 6.26 Å². The van der Waals surface area contributed by atoms with Crippen molar-refractivity contribution >= 4 is 27.4 Å². The summed E-state index contributed by atoms with van der Waals surface area (Å²) in [5, 5.41) is 11.2. The fourth-order valence-corrected chi connectivity index (χ4v) is 2.47. The smallest absolute Gasteiger partial charge is 0.332 e. The van der Waals surface area contributed by atoms with Crippen LogP contribution in [0.4, 0.5) is 5.69 Å². The maximum atomic E-state index is 11.9. The minimum Gasteiger partial charge on any atom is -0.479 e. The zero-order valence-corrected chi connectivity index (χ0v) is 12.0. The standard InChI is InChI=1S/C12H14N2O6S/c1-21(18,19)10-5-2-7(6-13-10)14-11(15)8-3-4-9(20-8)12(16)17/h2,5-6,8-9H,3-4H2,1H3,(H,14,15)(H,16,17). The highest BCUT2D eigenvalue weighted by Crippen LogP contribution is 2.21. The Balaban J connectivity index is 1.99. The Kier molecular flexibility index (Phi) is 4.24. The van der Waals surface area contributed by atoms with Crippen molar-refractivity contribution in [1.82, 2.24) is 4.98 Å². The van der Waals surface area contributed by atoms with Crippen molar-refractivity contribution in [3.8, 4) is 0 Å². The number of sulfone groups is 1. The second kappa shape index (κ2) is 5.78. The van der Waals surface area contributed by atoms with E-state index in [0.29, 0.717) is 12.1 Å². The Morgan fingerprint density at radius 3 is 2.48 bits per heavy atom. The lowest BCUT2D eigenvalue weighted by Crippen LogP contribution is -2.30. The summed E-state index contributed by atoms with van der Waals surface area (Å²) in [6.07, 6.45) is 1.05. The molecule has 0 radical (unpaired) electrons. The van der Waals surface area contributed by atoms with E-state index >= 15 is 0 Å². The van der Waals surface area contributed by atoms with Crippen molar-refractivity contribution in [3.05, 3.63) is 18.3 Å². The summed E-state index contributed by atoms with van der Waals surface area (Å²) < 4.78 is 27.6. The summed E-state index contributed by atoms with van der Waals surface area (Å²) >= 11 is 0. The van der Waals surface area contributed by atoms with Crippen molar-refractivity contribution in [2.45, 2.75) is 30.1 Å². The molecular weight excluding hydrogens is 300 g/mol. The Morgan fingerprint density at radius 1 is 1.33 bits per heavy atom. The number of carbonyl (C=O) groups is 2. The number of aromatic nitrogens is 1. The van der Waals surface area contributed by atoms with Crippen LogP contribution in [0.2, 0.25) is 0 Å². The van der Waals surface area contributed by atoms with Crippen LogP contribution < -0.4 is 5.32 Å². The minimum absolute atomic E-state index is 0.0939. The summed E-state index contributed by atoms with van der Waals surface area (Å²) in [6.45, 7) is 0. The molecule has 8 nitrogen and oxygen atoms in total. The van der Waals surface area contributed by atoms with E-state index < -0.39 is 33.9 Å². The quantitative estimate of drug-likeness (QED) is 0.805. The highest BCUT2D eigenvalue weighted by Gasteiger charge is 2.34. The molecule has 2 heterocycles. The first-order valence-corrected chi connectivity index (χ1v) is 8.02. The number of hydrogen-bond donors (Lipinski definition) is 2. The van der Waals surface area contributed by atoms with Gasteiger partial charge in [0.25, 0.3) is 5.91 Å². The third kappa shape index (κ3) is 3.76. The lowest BCUT2D eigenvalue weighted by Gasteiger charge is -2.11. The van der Waals surface area contributed by atoms with Gasteiger partial charge in [-0.2, -0.15) is 0 Å². The number of anilines is 1. The second-order valence-electron chi connectivity index (χ2n) is 4.68. The third-order valence-corrected chi connectivity index (χ3v) is 3.97. The molecule has 9 heteroatoms. The van der Waals surface area contributed by atoms with Crippen LogP contribution in [-0.2, 0) is 24.2 Å². The van der Waals surface area contributed by atoms with Gasteiger partial charge in [0.15, 0.2) is 21.0 Å². The lowest BCUT2D eigenvalue weighted by atomic mass is 10.2. The molecule has 2 unspecified atom stereocenters. The van der Waals surface area contributed by atoms with Crippen molar-refractivity contribution < 1.29 is 27.9 Å². The summed E-state index contributed by atoms with van der Waals surface area (Å²) in [7, 11) is -3.39. The van der Waals surface area contributed by atoms with Crippen LogP contribution in [0.3, 0.4) is 0 Å². The first-order valence-electron chi connectivity index (χ1n) is 6.12. The number of nitrogens with one attached hydrogen (secondary N) is 1. The molecule has 21 heavy (non-hydrogen) atoms. The highest BCUT2D eigenvalue weighted by molar-refractivity contribution is 7.90. The van der Waals surface area contributed by atoms with E-state index in [9.17, 15) is 18.0 Å². The number of aliphatic carboxylic acids is 1. The number of carbonyl (C=O) groups excluding carboxylic acids is 1. The summed E-state index contributed by atoms with van der Waals surface area (Å²) in [5.74, 6) is -1.57. The van der Waals surface area contributed by atoms with E-state index in [0.717, 1.165) is 6.26 Å². The predicted molar refractivity (Wildman–Crippen MR) is 71.5 cm³/mol. The number of rotatable bonds is 4. The topological polar surface area (TPSA) is 123 Å². The number of carboxylic acid groups (broad SMARTS) is 1. The first-order chi connectivity index (χ1) is 9.77. The van der Waals surface area contributed by atoms with Crippen LogP contribution in [0, 0.1) is 0 Å². The average Bonchev–Trinajstić information content (AvgIpc) is 2.88. The molecule has 1 amide bonds. The van der Waals surface area contributed by atoms with Gasteiger partial charge < -0.3 is 15.2 Å². The van der Waals surface area contributed by atoms with Crippen molar-refractivity contribution in [3.63, 3.8) is 0 Å². The van der Waals surface area contributed by atoms with Crippen molar-refractivity contribution in [2.75, 3.05) is 11.6 Å². The summed E-state index contributed by atoms with van der Waals surface area (Å²) in [6, 6.07) is 2.69. The predicted octanol–water partition coefficient (Wildman–Crippen LogP) is 0.0558.